The lowest BCUT2D eigenvalue weighted by Gasteiger charge is -2.07. The van der Waals surface area contributed by atoms with Crippen LogP contribution in [0.15, 0.2) is 41.6 Å². The molecule has 7 heteroatoms. The number of amides is 1. The van der Waals surface area contributed by atoms with Crippen molar-refractivity contribution >= 4 is 28.2 Å². The standard InChI is InChI=1S/C17H12FN3O3/c1-24-9-3-5-13-11(7-9)15(21-23)16(19-13)14-10-6-8(18)2-4-12(10)20-17(14)22/h2-7,14,19H,1H3,(H,20,22). The van der Waals surface area contributed by atoms with E-state index < -0.39 is 11.7 Å². The zero-order chi connectivity index (χ0) is 16.8. The van der Waals surface area contributed by atoms with Crippen molar-refractivity contribution in [3.8, 4) is 5.75 Å². The number of hydrogen-bond acceptors (Lipinski definition) is 4. The van der Waals surface area contributed by atoms with Crippen molar-refractivity contribution in [1.29, 1.82) is 0 Å². The molecule has 0 radical (unpaired) electrons. The third-order valence-electron chi connectivity index (χ3n) is 4.23. The van der Waals surface area contributed by atoms with Crippen LogP contribution in [0, 0.1) is 10.7 Å². The van der Waals surface area contributed by atoms with Crippen LogP contribution in [-0.2, 0) is 4.79 Å². The molecule has 0 saturated heterocycles. The number of H-pyrrole nitrogens is 1. The maximum atomic E-state index is 13.6. The van der Waals surface area contributed by atoms with Crippen molar-refractivity contribution in [1.82, 2.24) is 4.98 Å². The number of carbonyl (C=O) groups is 1. The Morgan fingerprint density at radius 1 is 1.21 bits per heavy atom. The molecule has 120 valence electrons. The van der Waals surface area contributed by atoms with Crippen molar-refractivity contribution < 1.29 is 13.9 Å². The second kappa shape index (κ2) is 5.16. The largest absolute Gasteiger partial charge is 0.497 e. The first kappa shape index (κ1) is 14.4. The molecule has 0 saturated carbocycles. The number of fused-ring (bicyclic) bond motifs is 2. The Labute approximate surface area is 135 Å². The zero-order valence-corrected chi connectivity index (χ0v) is 12.6. The van der Waals surface area contributed by atoms with Gasteiger partial charge in [-0.3, -0.25) is 4.79 Å². The van der Waals surface area contributed by atoms with Crippen LogP contribution in [0.2, 0.25) is 0 Å². The monoisotopic (exact) mass is 325 g/mol. The fourth-order valence-corrected chi connectivity index (χ4v) is 3.13. The first-order chi connectivity index (χ1) is 11.6. The highest BCUT2D eigenvalue weighted by Gasteiger charge is 2.36. The van der Waals surface area contributed by atoms with Crippen LogP contribution in [0.5, 0.6) is 5.75 Å². The van der Waals surface area contributed by atoms with E-state index in [1.54, 1.807) is 18.2 Å². The molecule has 4 rings (SSSR count). The van der Waals surface area contributed by atoms with Crippen LogP contribution in [0.4, 0.5) is 15.8 Å². The topological polar surface area (TPSA) is 83.6 Å². The molecular formula is C17H12FN3O3. The number of halogens is 1. The second-order valence-electron chi connectivity index (χ2n) is 5.54. The van der Waals surface area contributed by atoms with Gasteiger partial charge in [-0.1, -0.05) is 0 Å². The smallest absolute Gasteiger partial charge is 0.238 e. The van der Waals surface area contributed by atoms with E-state index in [1.165, 1.54) is 25.3 Å². The Kier molecular flexibility index (Phi) is 3.09. The lowest BCUT2D eigenvalue weighted by atomic mass is 9.96. The number of nitrogens with one attached hydrogen (secondary N) is 2. The summed E-state index contributed by atoms with van der Waals surface area (Å²) in [7, 11) is 1.52. The van der Waals surface area contributed by atoms with Gasteiger partial charge in [0.2, 0.25) is 5.91 Å². The number of aromatic nitrogens is 1. The van der Waals surface area contributed by atoms with E-state index in [9.17, 15) is 14.1 Å². The number of nitrogens with zero attached hydrogens (tertiary/aromatic N) is 1. The van der Waals surface area contributed by atoms with Gasteiger partial charge in [-0.15, -0.1) is 4.91 Å². The zero-order valence-electron chi connectivity index (χ0n) is 12.6. The number of anilines is 1. The first-order valence-corrected chi connectivity index (χ1v) is 7.25. The summed E-state index contributed by atoms with van der Waals surface area (Å²) in [6, 6.07) is 9.22. The molecule has 1 atom stereocenters. The molecule has 2 N–H and O–H groups in total. The molecule has 3 aromatic rings. The summed E-state index contributed by atoms with van der Waals surface area (Å²) in [5, 5.41) is 6.35. The lowest BCUT2D eigenvalue weighted by Crippen LogP contribution is -2.13. The Morgan fingerprint density at radius 2 is 2.04 bits per heavy atom. The molecule has 1 aliphatic rings. The summed E-state index contributed by atoms with van der Waals surface area (Å²) >= 11 is 0. The summed E-state index contributed by atoms with van der Waals surface area (Å²) in [6.07, 6.45) is 0. The van der Waals surface area contributed by atoms with E-state index in [-0.39, 0.29) is 11.6 Å². The van der Waals surface area contributed by atoms with E-state index >= 15 is 0 Å². The van der Waals surface area contributed by atoms with Crippen LogP contribution in [0.25, 0.3) is 10.9 Å². The molecule has 2 heterocycles. The number of carbonyl (C=O) groups excluding carboxylic acids is 1. The second-order valence-corrected chi connectivity index (χ2v) is 5.54. The SMILES string of the molecule is COc1ccc2[nH]c(C3C(=O)Nc4ccc(F)cc43)c(N=O)c2c1. The minimum absolute atomic E-state index is 0.126. The van der Waals surface area contributed by atoms with Gasteiger partial charge in [0, 0.05) is 16.6 Å². The Morgan fingerprint density at radius 3 is 2.79 bits per heavy atom. The third kappa shape index (κ3) is 1.98. The number of rotatable bonds is 3. The number of nitroso groups, excluding NO2 is 1. The van der Waals surface area contributed by atoms with Crippen LogP contribution in [0.1, 0.15) is 17.2 Å². The van der Waals surface area contributed by atoms with Gasteiger partial charge in [0.15, 0.2) is 0 Å². The summed E-state index contributed by atoms with van der Waals surface area (Å²) in [5.41, 5.74) is 2.12. The fourth-order valence-electron chi connectivity index (χ4n) is 3.13. The normalized spacial score (nSPS) is 16.1. The Balaban J connectivity index is 1.96. The number of ether oxygens (including phenoxy) is 1. The maximum Gasteiger partial charge on any atom is 0.238 e. The highest BCUT2D eigenvalue weighted by atomic mass is 19.1. The fraction of sp³-hybridized carbons (Fsp3) is 0.118. The van der Waals surface area contributed by atoms with Crippen molar-refractivity contribution in [2.75, 3.05) is 12.4 Å². The third-order valence-corrected chi connectivity index (χ3v) is 4.23. The molecule has 6 nitrogen and oxygen atoms in total. The van der Waals surface area contributed by atoms with E-state index in [0.717, 1.165) is 0 Å². The van der Waals surface area contributed by atoms with Crippen LogP contribution >= 0.6 is 0 Å². The summed E-state index contributed by atoms with van der Waals surface area (Å²) in [6.45, 7) is 0. The van der Waals surface area contributed by atoms with Gasteiger partial charge >= 0.3 is 0 Å². The van der Waals surface area contributed by atoms with Crippen molar-refractivity contribution in [3.05, 3.63) is 58.4 Å². The lowest BCUT2D eigenvalue weighted by molar-refractivity contribution is -0.116. The quantitative estimate of drug-likeness (QED) is 0.718. The molecule has 2 aromatic carbocycles. The van der Waals surface area contributed by atoms with Gasteiger partial charge in [0.1, 0.15) is 23.2 Å². The van der Waals surface area contributed by atoms with Gasteiger partial charge in [0.25, 0.3) is 0 Å². The minimum Gasteiger partial charge on any atom is -0.497 e. The van der Waals surface area contributed by atoms with E-state index in [1.807, 2.05) is 0 Å². The van der Waals surface area contributed by atoms with Crippen molar-refractivity contribution in [2.24, 2.45) is 5.18 Å². The highest BCUT2D eigenvalue weighted by Crippen LogP contribution is 2.44. The average Bonchev–Trinajstić information content (AvgIpc) is 3.09. The summed E-state index contributed by atoms with van der Waals surface area (Å²) < 4.78 is 18.8. The highest BCUT2D eigenvalue weighted by molar-refractivity contribution is 6.07. The maximum absolute atomic E-state index is 13.6. The summed E-state index contributed by atoms with van der Waals surface area (Å²) in [4.78, 5) is 26.9. The molecule has 24 heavy (non-hydrogen) atoms. The van der Waals surface area contributed by atoms with Crippen LogP contribution in [-0.4, -0.2) is 18.0 Å². The Bertz CT molecular complexity index is 996. The van der Waals surface area contributed by atoms with E-state index in [2.05, 4.69) is 15.5 Å². The first-order valence-electron chi connectivity index (χ1n) is 7.25. The van der Waals surface area contributed by atoms with Gasteiger partial charge in [-0.2, -0.15) is 0 Å². The molecule has 0 aliphatic carbocycles. The van der Waals surface area contributed by atoms with Gasteiger partial charge in [-0.05, 0) is 47.1 Å². The number of aromatic amines is 1. The van der Waals surface area contributed by atoms with Crippen LogP contribution < -0.4 is 10.1 Å². The van der Waals surface area contributed by atoms with E-state index in [4.69, 9.17) is 4.74 Å². The number of methoxy groups -OCH3 is 1. The van der Waals surface area contributed by atoms with Gasteiger partial charge in [0.05, 0.1) is 12.8 Å². The number of benzene rings is 2. The van der Waals surface area contributed by atoms with Crippen LogP contribution in [0.3, 0.4) is 0 Å². The number of hydrogen-bond donors (Lipinski definition) is 2. The van der Waals surface area contributed by atoms with E-state index in [0.29, 0.717) is 33.6 Å². The van der Waals surface area contributed by atoms with Gasteiger partial charge in [-0.25, -0.2) is 4.39 Å². The van der Waals surface area contributed by atoms with Crippen molar-refractivity contribution in [2.45, 2.75) is 5.92 Å². The van der Waals surface area contributed by atoms with Gasteiger partial charge < -0.3 is 15.0 Å². The molecule has 1 unspecified atom stereocenters. The Hall–Kier alpha value is -3.22. The molecular weight excluding hydrogens is 313 g/mol. The molecule has 1 aromatic heterocycles. The summed E-state index contributed by atoms with van der Waals surface area (Å²) in [5.74, 6) is -1.03. The molecule has 0 spiro atoms. The minimum atomic E-state index is -0.818. The molecule has 0 fully saturated rings. The molecule has 1 aliphatic heterocycles. The predicted molar refractivity (Wildman–Crippen MR) is 87.2 cm³/mol. The predicted octanol–water partition coefficient (Wildman–Crippen LogP) is 3.80. The molecule has 1 amide bonds. The van der Waals surface area contributed by atoms with Crippen molar-refractivity contribution in [3.63, 3.8) is 0 Å². The average molecular weight is 325 g/mol. The molecule has 0 bridgehead atoms.